The van der Waals surface area contributed by atoms with Crippen LogP contribution in [0.25, 0.3) is 0 Å². The van der Waals surface area contributed by atoms with Crippen LogP contribution >= 0.6 is 0 Å². The van der Waals surface area contributed by atoms with Gasteiger partial charge < -0.3 is 20.5 Å². The van der Waals surface area contributed by atoms with E-state index in [1.165, 1.54) is 0 Å². The van der Waals surface area contributed by atoms with Gasteiger partial charge in [0.1, 0.15) is 11.6 Å². The number of ether oxygens (including phenoxy) is 1. The highest BCUT2D eigenvalue weighted by Crippen LogP contribution is 2.24. The molecule has 3 rings (SSSR count). The van der Waals surface area contributed by atoms with Crippen molar-refractivity contribution >= 4 is 5.82 Å². The number of hydrogen-bond acceptors (Lipinski definition) is 5. The highest BCUT2D eigenvalue weighted by Gasteiger charge is 2.19. The molecule has 22 heavy (non-hydrogen) atoms. The number of anilines is 1. The fraction of sp³-hybridized carbons (Fsp3) is 0.438. The molecule has 3 N–H and O–H groups in total. The molecule has 0 amide bonds. The lowest BCUT2D eigenvalue weighted by molar-refractivity contribution is 0.168. The Morgan fingerprint density at radius 1 is 1.45 bits per heavy atom. The predicted octanol–water partition coefficient (Wildman–Crippen LogP) is 1.26. The van der Waals surface area contributed by atoms with Gasteiger partial charge in [-0.3, -0.25) is 0 Å². The van der Waals surface area contributed by atoms with Gasteiger partial charge in [0.25, 0.3) is 0 Å². The monoisotopic (exact) mass is 302 g/mol. The fourth-order valence-electron chi connectivity index (χ4n) is 2.80. The minimum Gasteiger partial charge on any atom is -0.496 e. The van der Waals surface area contributed by atoms with Crippen LogP contribution < -0.4 is 15.4 Å². The van der Waals surface area contributed by atoms with E-state index in [0.29, 0.717) is 12.5 Å². The number of nitrogens with zero attached hydrogens (tertiary/aromatic N) is 2. The van der Waals surface area contributed by atoms with Crippen molar-refractivity contribution in [3.8, 4) is 5.75 Å². The third-order valence-electron chi connectivity index (χ3n) is 3.99. The van der Waals surface area contributed by atoms with Gasteiger partial charge in [-0.1, -0.05) is 18.2 Å². The standard InChI is InChI=1S/C16H22N4O2/c1-22-15-5-3-2-4-13(15)14(21)10-17-8-12-9-18-16-6-7-19-20(16)11-12/h2-7,12,14,17-18,21H,8-11H2,1H3/t12-,14+/m0/s1. The molecule has 1 aliphatic heterocycles. The second-order valence-corrected chi connectivity index (χ2v) is 5.56. The molecule has 0 spiro atoms. The summed E-state index contributed by atoms with van der Waals surface area (Å²) < 4.78 is 7.26. The maximum absolute atomic E-state index is 10.3. The molecule has 6 nitrogen and oxygen atoms in total. The molecule has 0 saturated heterocycles. The average Bonchev–Trinajstić information content (AvgIpc) is 3.02. The second-order valence-electron chi connectivity index (χ2n) is 5.56. The fourth-order valence-corrected chi connectivity index (χ4v) is 2.80. The predicted molar refractivity (Wildman–Crippen MR) is 85.0 cm³/mol. The van der Waals surface area contributed by atoms with Crippen LogP contribution in [-0.2, 0) is 6.54 Å². The number of fused-ring (bicyclic) bond motifs is 1. The van der Waals surface area contributed by atoms with Gasteiger partial charge in [-0.25, -0.2) is 4.68 Å². The highest BCUT2D eigenvalue weighted by molar-refractivity contribution is 5.36. The minimum atomic E-state index is -0.576. The number of rotatable bonds is 6. The third kappa shape index (κ3) is 3.23. The van der Waals surface area contributed by atoms with Gasteiger partial charge in [0.15, 0.2) is 0 Å². The van der Waals surface area contributed by atoms with E-state index >= 15 is 0 Å². The number of para-hydroxylation sites is 1. The Kier molecular flexibility index (Phi) is 4.60. The van der Waals surface area contributed by atoms with Gasteiger partial charge in [-0.05, 0) is 6.07 Å². The van der Waals surface area contributed by atoms with Crippen LogP contribution in [0.3, 0.4) is 0 Å². The van der Waals surface area contributed by atoms with Crippen molar-refractivity contribution in [3.63, 3.8) is 0 Å². The Morgan fingerprint density at radius 2 is 2.32 bits per heavy atom. The molecule has 0 bridgehead atoms. The summed E-state index contributed by atoms with van der Waals surface area (Å²) in [6.07, 6.45) is 1.23. The summed E-state index contributed by atoms with van der Waals surface area (Å²) in [6.45, 7) is 3.15. The number of aliphatic hydroxyl groups is 1. The molecule has 0 aliphatic carbocycles. The number of benzene rings is 1. The topological polar surface area (TPSA) is 71.3 Å². The number of aliphatic hydroxyl groups excluding tert-OH is 1. The third-order valence-corrected chi connectivity index (χ3v) is 3.99. The molecule has 0 unspecified atom stereocenters. The van der Waals surface area contributed by atoms with Crippen molar-refractivity contribution in [2.45, 2.75) is 12.6 Å². The van der Waals surface area contributed by atoms with Crippen molar-refractivity contribution in [2.24, 2.45) is 5.92 Å². The highest BCUT2D eigenvalue weighted by atomic mass is 16.5. The van der Waals surface area contributed by atoms with E-state index < -0.39 is 6.10 Å². The quantitative estimate of drug-likeness (QED) is 0.749. The molecule has 118 valence electrons. The lowest BCUT2D eigenvalue weighted by atomic mass is 10.1. The molecule has 1 aromatic heterocycles. The Hall–Kier alpha value is -2.05. The van der Waals surface area contributed by atoms with Gasteiger partial charge in [0.2, 0.25) is 0 Å². The van der Waals surface area contributed by atoms with E-state index in [4.69, 9.17) is 4.74 Å². The Balaban J connectivity index is 1.49. The van der Waals surface area contributed by atoms with E-state index in [1.807, 2.05) is 41.2 Å². The van der Waals surface area contributed by atoms with Crippen LogP contribution in [0.15, 0.2) is 36.5 Å². The largest absolute Gasteiger partial charge is 0.496 e. The van der Waals surface area contributed by atoms with Crippen molar-refractivity contribution in [2.75, 3.05) is 32.1 Å². The molecule has 0 saturated carbocycles. The van der Waals surface area contributed by atoms with Crippen LogP contribution in [0.5, 0.6) is 5.75 Å². The molecule has 0 radical (unpaired) electrons. The summed E-state index contributed by atoms with van der Waals surface area (Å²) in [6, 6.07) is 9.55. The molecular formula is C16H22N4O2. The van der Waals surface area contributed by atoms with Crippen molar-refractivity contribution in [3.05, 3.63) is 42.1 Å². The summed E-state index contributed by atoms with van der Waals surface area (Å²) in [5.41, 5.74) is 0.814. The first-order valence-electron chi connectivity index (χ1n) is 7.55. The van der Waals surface area contributed by atoms with E-state index in [2.05, 4.69) is 15.7 Å². The number of hydrogen-bond donors (Lipinski definition) is 3. The maximum Gasteiger partial charge on any atom is 0.124 e. The molecular weight excluding hydrogens is 280 g/mol. The zero-order valence-electron chi connectivity index (χ0n) is 12.7. The van der Waals surface area contributed by atoms with Crippen LogP contribution in [0, 0.1) is 5.92 Å². The van der Waals surface area contributed by atoms with Crippen LogP contribution in [0.2, 0.25) is 0 Å². The zero-order chi connectivity index (χ0) is 15.4. The number of aromatic nitrogens is 2. The summed E-state index contributed by atoms with van der Waals surface area (Å²) in [4.78, 5) is 0. The first kappa shape index (κ1) is 14.9. The Morgan fingerprint density at radius 3 is 3.18 bits per heavy atom. The molecule has 0 fully saturated rings. The van der Waals surface area contributed by atoms with E-state index in [1.54, 1.807) is 7.11 Å². The van der Waals surface area contributed by atoms with E-state index in [9.17, 15) is 5.11 Å². The Labute approximate surface area is 130 Å². The zero-order valence-corrected chi connectivity index (χ0v) is 12.7. The average molecular weight is 302 g/mol. The molecule has 2 atom stereocenters. The summed E-state index contributed by atoms with van der Waals surface area (Å²) >= 11 is 0. The smallest absolute Gasteiger partial charge is 0.124 e. The minimum absolute atomic E-state index is 0.456. The number of nitrogens with one attached hydrogen (secondary N) is 2. The maximum atomic E-state index is 10.3. The summed E-state index contributed by atoms with van der Waals surface area (Å²) in [5, 5.41) is 21.3. The van der Waals surface area contributed by atoms with Gasteiger partial charge >= 0.3 is 0 Å². The van der Waals surface area contributed by atoms with Crippen LogP contribution in [0.4, 0.5) is 5.82 Å². The van der Waals surface area contributed by atoms with Gasteiger partial charge in [0, 0.05) is 43.7 Å². The van der Waals surface area contributed by atoms with E-state index in [0.717, 1.165) is 36.8 Å². The molecule has 1 aromatic carbocycles. The summed E-state index contributed by atoms with van der Waals surface area (Å²) in [7, 11) is 1.62. The summed E-state index contributed by atoms with van der Waals surface area (Å²) in [5.74, 6) is 2.25. The molecule has 2 heterocycles. The normalized spacial score (nSPS) is 18.4. The Bertz CT molecular complexity index is 614. The van der Waals surface area contributed by atoms with E-state index in [-0.39, 0.29) is 0 Å². The molecule has 1 aliphatic rings. The van der Waals surface area contributed by atoms with Gasteiger partial charge in [-0.2, -0.15) is 5.10 Å². The number of methoxy groups -OCH3 is 1. The molecule has 2 aromatic rings. The SMILES string of the molecule is COc1ccccc1[C@H](O)CNC[C@H]1CNc2ccnn2C1. The van der Waals surface area contributed by atoms with Crippen molar-refractivity contribution < 1.29 is 9.84 Å². The lowest BCUT2D eigenvalue weighted by Crippen LogP contribution is -2.36. The molecule has 6 heteroatoms. The van der Waals surface area contributed by atoms with Gasteiger partial charge in [0.05, 0.1) is 19.4 Å². The van der Waals surface area contributed by atoms with Crippen LogP contribution in [-0.4, -0.2) is 41.6 Å². The van der Waals surface area contributed by atoms with Crippen molar-refractivity contribution in [1.82, 2.24) is 15.1 Å². The first-order chi connectivity index (χ1) is 10.8. The second kappa shape index (κ2) is 6.81. The first-order valence-corrected chi connectivity index (χ1v) is 7.55. The lowest BCUT2D eigenvalue weighted by Gasteiger charge is -2.25. The van der Waals surface area contributed by atoms with Crippen LogP contribution in [0.1, 0.15) is 11.7 Å². The van der Waals surface area contributed by atoms with Crippen molar-refractivity contribution in [1.29, 1.82) is 0 Å². The van der Waals surface area contributed by atoms with Gasteiger partial charge in [-0.15, -0.1) is 0 Å².